The Kier molecular flexibility index (Phi) is 3.88. The minimum Gasteiger partial charge on any atom is -0.267 e. The predicted molar refractivity (Wildman–Crippen MR) is 80.0 cm³/mol. The van der Waals surface area contributed by atoms with Gasteiger partial charge in [0.15, 0.2) is 0 Å². The van der Waals surface area contributed by atoms with Crippen LogP contribution in [0.3, 0.4) is 0 Å². The summed E-state index contributed by atoms with van der Waals surface area (Å²) in [4.78, 5) is 14.7. The molecule has 3 rings (SSSR count). The first-order valence-electron chi connectivity index (χ1n) is 6.24. The van der Waals surface area contributed by atoms with Crippen LogP contribution in [-0.4, -0.2) is 14.3 Å². The van der Waals surface area contributed by atoms with Crippen LogP contribution in [0, 0.1) is 5.82 Å². The second-order valence-electron chi connectivity index (χ2n) is 4.58. The van der Waals surface area contributed by atoms with Crippen molar-refractivity contribution in [2.24, 2.45) is 4.99 Å². The Bertz CT molecular complexity index is 1040. The summed E-state index contributed by atoms with van der Waals surface area (Å²) < 4.78 is 42.0. The van der Waals surface area contributed by atoms with Crippen molar-refractivity contribution in [2.75, 3.05) is 5.48 Å². The highest BCUT2D eigenvalue weighted by molar-refractivity contribution is 7.86. The molecule has 1 aliphatic rings. The molecule has 0 unspecified atom stereocenters. The summed E-state index contributed by atoms with van der Waals surface area (Å²) in [7, 11) is -4.14. The van der Waals surface area contributed by atoms with Crippen molar-refractivity contribution in [3.8, 4) is 0 Å². The molecule has 1 N–H and O–H groups in total. The van der Waals surface area contributed by atoms with Gasteiger partial charge in [-0.05, 0) is 36.4 Å². The predicted octanol–water partition coefficient (Wildman–Crippen LogP) is 1.15. The molecule has 23 heavy (non-hydrogen) atoms. The van der Waals surface area contributed by atoms with Crippen molar-refractivity contribution in [3.63, 3.8) is 0 Å². The van der Waals surface area contributed by atoms with Crippen LogP contribution in [0.5, 0.6) is 0 Å². The van der Waals surface area contributed by atoms with Crippen LogP contribution >= 0.6 is 11.6 Å². The van der Waals surface area contributed by atoms with E-state index in [0.717, 1.165) is 6.07 Å². The molecule has 1 heterocycles. The van der Waals surface area contributed by atoms with Gasteiger partial charge >= 0.3 is 10.1 Å². The van der Waals surface area contributed by atoms with Gasteiger partial charge in [0, 0.05) is 11.3 Å². The number of carbonyl (C=O) groups excluding carboxylic acids is 1. The van der Waals surface area contributed by atoms with E-state index in [1.54, 1.807) is 0 Å². The van der Waals surface area contributed by atoms with Crippen molar-refractivity contribution in [2.45, 2.75) is 4.90 Å². The fourth-order valence-electron chi connectivity index (χ4n) is 1.90. The maximum atomic E-state index is 13.0. The molecule has 0 aliphatic carbocycles. The molecule has 0 saturated heterocycles. The number of carbonyl (C=O) groups is 1. The zero-order valence-corrected chi connectivity index (χ0v) is 12.9. The Hall–Kier alpha value is -2.29. The molecule has 118 valence electrons. The third-order valence-corrected chi connectivity index (χ3v) is 4.41. The lowest BCUT2D eigenvalue weighted by Gasteiger charge is -2.08. The van der Waals surface area contributed by atoms with Crippen LogP contribution < -0.4 is 16.1 Å². The molecule has 0 aromatic heterocycles. The summed E-state index contributed by atoms with van der Waals surface area (Å²) in [5.41, 5.74) is 2.35. The normalized spacial score (nSPS) is 13.2. The van der Waals surface area contributed by atoms with Crippen molar-refractivity contribution in [1.29, 1.82) is 0 Å². The minimum absolute atomic E-state index is 0.155. The van der Waals surface area contributed by atoms with Gasteiger partial charge in [0.25, 0.3) is 5.91 Å². The van der Waals surface area contributed by atoms with Crippen molar-refractivity contribution in [3.05, 3.63) is 57.8 Å². The van der Waals surface area contributed by atoms with Crippen LogP contribution in [0.4, 0.5) is 10.1 Å². The standard InChI is InChI=1S/C14H8ClFN2O4S/c15-11-7-9(1-3-12(11)16)18-22-23(20,21)10-2-4-13-8(5-10)6-14(19)17-13/h1-7,18H. The second-order valence-corrected chi connectivity index (χ2v) is 6.54. The lowest BCUT2D eigenvalue weighted by atomic mass is 10.3. The van der Waals surface area contributed by atoms with E-state index in [-0.39, 0.29) is 15.6 Å². The van der Waals surface area contributed by atoms with Gasteiger partial charge in [0.2, 0.25) is 0 Å². The van der Waals surface area contributed by atoms with Crippen LogP contribution in [0.25, 0.3) is 6.08 Å². The average Bonchev–Trinajstić information content (AvgIpc) is 2.87. The Morgan fingerprint density at radius 3 is 2.70 bits per heavy atom. The highest BCUT2D eigenvalue weighted by Gasteiger charge is 2.17. The number of nitrogens with zero attached hydrogens (tertiary/aromatic N) is 1. The molecular formula is C14H8ClFN2O4S. The van der Waals surface area contributed by atoms with E-state index in [9.17, 15) is 17.6 Å². The van der Waals surface area contributed by atoms with Gasteiger partial charge in [-0.25, -0.2) is 14.9 Å². The minimum atomic E-state index is -4.14. The topological polar surface area (TPSA) is 84.8 Å². The van der Waals surface area contributed by atoms with Gasteiger partial charge in [-0.15, -0.1) is 4.28 Å². The zero-order valence-electron chi connectivity index (χ0n) is 11.3. The van der Waals surface area contributed by atoms with Crippen LogP contribution in [-0.2, 0) is 19.2 Å². The van der Waals surface area contributed by atoms with E-state index in [4.69, 9.17) is 15.9 Å². The van der Waals surface area contributed by atoms with Crippen molar-refractivity contribution >= 4 is 39.4 Å². The van der Waals surface area contributed by atoms with Gasteiger partial charge in [0.1, 0.15) is 5.82 Å². The molecule has 0 radical (unpaired) electrons. The molecule has 0 bridgehead atoms. The number of hydrogen-bond donors (Lipinski definition) is 1. The van der Waals surface area contributed by atoms with Crippen LogP contribution in [0.2, 0.25) is 5.02 Å². The molecule has 9 heteroatoms. The first kappa shape index (κ1) is 15.6. The molecule has 6 nitrogen and oxygen atoms in total. The molecule has 2 aromatic rings. The lowest BCUT2D eigenvalue weighted by Crippen LogP contribution is -2.23. The SMILES string of the molecule is O=C1C=c2cc(S(=O)(=O)ONc3ccc(F)c(Cl)c3)ccc2=N1. The molecule has 1 amide bonds. The summed E-state index contributed by atoms with van der Waals surface area (Å²) in [5, 5.41) is 0.611. The van der Waals surface area contributed by atoms with E-state index in [1.807, 2.05) is 0 Å². The number of amides is 1. The fourth-order valence-corrected chi connectivity index (χ4v) is 2.89. The summed E-state index contributed by atoms with van der Waals surface area (Å²) in [6.07, 6.45) is 1.22. The monoisotopic (exact) mass is 354 g/mol. The van der Waals surface area contributed by atoms with Gasteiger partial charge in [-0.3, -0.25) is 4.79 Å². The number of anilines is 1. The summed E-state index contributed by atoms with van der Waals surface area (Å²) in [5.74, 6) is -1.09. The quantitative estimate of drug-likeness (QED) is 0.833. The first-order chi connectivity index (χ1) is 10.8. The highest BCUT2D eigenvalue weighted by atomic mass is 35.5. The van der Waals surface area contributed by atoms with E-state index in [2.05, 4.69) is 10.5 Å². The maximum absolute atomic E-state index is 13.0. The zero-order chi connectivity index (χ0) is 16.6. The van der Waals surface area contributed by atoms with E-state index < -0.39 is 21.8 Å². The number of nitrogens with one attached hydrogen (secondary N) is 1. The summed E-state index contributed by atoms with van der Waals surface area (Å²) in [6, 6.07) is 7.47. The number of fused-ring (bicyclic) bond motifs is 1. The number of hydrogen-bond acceptors (Lipinski definition) is 5. The second kappa shape index (κ2) is 5.73. The van der Waals surface area contributed by atoms with Gasteiger partial charge in [-0.2, -0.15) is 8.42 Å². The third-order valence-electron chi connectivity index (χ3n) is 2.99. The van der Waals surface area contributed by atoms with Crippen LogP contribution in [0.15, 0.2) is 46.3 Å². The van der Waals surface area contributed by atoms with E-state index in [1.165, 1.54) is 36.4 Å². The molecule has 0 fully saturated rings. The highest BCUT2D eigenvalue weighted by Crippen LogP contribution is 2.20. The van der Waals surface area contributed by atoms with E-state index in [0.29, 0.717) is 10.6 Å². The fraction of sp³-hybridized carbons (Fsp3) is 0. The smallest absolute Gasteiger partial charge is 0.267 e. The molecule has 0 saturated carbocycles. The van der Waals surface area contributed by atoms with Crippen molar-refractivity contribution in [1.82, 2.24) is 0 Å². The molecule has 2 aromatic carbocycles. The lowest BCUT2D eigenvalue weighted by molar-refractivity contribution is -0.112. The third kappa shape index (κ3) is 3.24. The number of halogens is 2. The van der Waals surface area contributed by atoms with Gasteiger partial charge < -0.3 is 0 Å². The summed E-state index contributed by atoms with van der Waals surface area (Å²) in [6.45, 7) is 0. The van der Waals surface area contributed by atoms with Gasteiger partial charge in [-0.1, -0.05) is 11.6 Å². The van der Waals surface area contributed by atoms with Crippen molar-refractivity contribution < 1.29 is 21.9 Å². The molecule has 0 spiro atoms. The molecular weight excluding hydrogens is 347 g/mol. The summed E-state index contributed by atoms with van der Waals surface area (Å²) >= 11 is 5.59. The average molecular weight is 355 g/mol. The Balaban J connectivity index is 1.84. The van der Waals surface area contributed by atoms with E-state index >= 15 is 0 Å². The number of rotatable bonds is 4. The number of benzene rings is 2. The maximum Gasteiger partial charge on any atom is 0.317 e. The van der Waals surface area contributed by atoms with Gasteiger partial charge in [0.05, 0.1) is 21.0 Å². The Labute approximate surface area is 135 Å². The largest absolute Gasteiger partial charge is 0.317 e. The Morgan fingerprint density at radius 1 is 1.17 bits per heavy atom. The Morgan fingerprint density at radius 2 is 1.96 bits per heavy atom. The first-order valence-corrected chi connectivity index (χ1v) is 8.03. The molecule has 0 atom stereocenters. The van der Waals surface area contributed by atoms with Crippen LogP contribution in [0.1, 0.15) is 0 Å². The molecule has 1 aliphatic heterocycles.